The highest BCUT2D eigenvalue weighted by molar-refractivity contribution is 7.80. The van der Waals surface area contributed by atoms with Gasteiger partial charge in [-0.2, -0.15) is 0 Å². The number of rotatable bonds is 3. The zero-order valence-corrected chi connectivity index (χ0v) is 9.65. The third kappa shape index (κ3) is 2.02. The maximum Gasteiger partial charge on any atom is 0.252 e. The molecule has 0 unspecified atom stereocenters. The van der Waals surface area contributed by atoms with Crippen LogP contribution >= 0.6 is 12.2 Å². The third-order valence-electron chi connectivity index (χ3n) is 2.28. The molecule has 0 bridgehead atoms. The van der Waals surface area contributed by atoms with Crippen LogP contribution in [-0.4, -0.2) is 20.4 Å². The monoisotopic (exact) mass is 246 g/mol. The van der Waals surface area contributed by atoms with Crippen molar-refractivity contribution in [2.45, 2.75) is 0 Å². The van der Waals surface area contributed by atoms with Crippen molar-refractivity contribution in [1.82, 2.24) is 9.55 Å². The predicted octanol–water partition coefficient (Wildman–Crippen LogP) is 0.605. The molecule has 86 valence electrons. The van der Waals surface area contributed by atoms with Gasteiger partial charge in [0.1, 0.15) is 10.8 Å². The van der Waals surface area contributed by atoms with Crippen molar-refractivity contribution in [3.63, 3.8) is 0 Å². The Labute approximate surface area is 103 Å². The van der Waals surface area contributed by atoms with E-state index in [1.165, 1.54) is 0 Å². The van der Waals surface area contributed by atoms with E-state index in [1.54, 1.807) is 41.2 Å². The summed E-state index contributed by atoms with van der Waals surface area (Å²) in [6.45, 7) is 0. The van der Waals surface area contributed by atoms with Gasteiger partial charge in [-0.15, -0.1) is 0 Å². The van der Waals surface area contributed by atoms with Crippen molar-refractivity contribution < 1.29 is 4.79 Å². The van der Waals surface area contributed by atoms with E-state index in [2.05, 4.69) is 4.98 Å². The number of thiocarbonyl (C=S) groups is 1. The highest BCUT2D eigenvalue weighted by Crippen LogP contribution is 2.14. The SMILES string of the molecule is NC(=O)c1cccnc1-n1cccc1C(N)=S. The summed E-state index contributed by atoms with van der Waals surface area (Å²) in [5, 5.41) is 0. The lowest BCUT2D eigenvalue weighted by molar-refractivity contribution is 0.1000. The summed E-state index contributed by atoms with van der Waals surface area (Å²) < 4.78 is 1.64. The van der Waals surface area contributed by atoms with Crippen LogP contribution in [0.5, 0.6) is 0 Å². The van der Waals surface area contributed by atoms with Gasteiger partial charge in [0.05, 0.1) is 11.3 Å². The lowest BCUT2D eigenvalue weighted by Gasteiger charge is -2.09. The van der Waals surface area contributed by atoms with Crippen LogP contribution in [0.1, 0.15) is 16.1 Å². The smallest absolute Gasteiger partial charge is 0.252 e. The summed E-state index contributed by atoms with van der Waals surface area (Å²) in [6.07, 6.45) is 3.30. The van der Waals surface area contributed by atoms with Crippen LogP contribution in [0.25, 0.3) is 5.82 Å². The number of amides is 1. The minimum Gasteiger partial charge on any atom is -0.388 e. The normalized spacial score (nSPS) is 10.1. The molecule has 5 nitrogen and oxygen atoms in total. The van der Waals surface area contributed by atoms with Crippen LogP contribution in [0.15, 0.2) is 36.7 Å². The molecule has 0 aliphatic rings. The molecule has 17 heavy (non-hydrogen) atoms. The Bertz CT molecular complexity index is 591. The van der Waals surface area contributed by atoms with E-state index < -0.39 is 5.91 Å². The van der Waals surface area contributed by atoms with Crippen molar-refractivity contribution in [2.75, 3.05) is 0 Å². The zero-order chi connectivity index (χ0) is 12.4. The fourth-order valence-corrected chi connectivity index (χ4v) is 1.71. The van der Waals surface area contributed by atoms with E-state index in [1.807, 2.05) is 0 Å². The number of carbonyl (C=O) groups is 1. The lowest BCUT2D eigenvalue weighted by Crippen LogP contribution is -2.19. The van der Waals surface area contributed by atoms with Crippen molar-refractivity contribution in [1.29, 1.82) is 0 Å². The average Bonchev–Trinajstić information content (AvgIpc) is 2.77. The Kier molecular flexibility index (Phi) is 2.88. The van der Waals surface area contributed by atoms with Gasteiger partial charge in [-0.1, -0.05) is 12.2 Å². The lowest BCUT2D eigenvalue weighted by atomic mass is 10.2. The molecule has 1 amide bonds. The molecule has 2 aromatic rings. The Morgan fingerprint density at radius 3 is 2.71 bits per heavy atom. The first-order valence-corrected chi connectivity index (χ1v) is 5.24. The molecule has 0 fully saturated rings. The van der Waals surface area contributed by atoms with Gasteiger partial charge in [0.25, 0.3) is 5.91 Å². The van der Waals surface area contributed by atoms with Crippen LogP contribution < -0.4 is 11.5 Å². The second-order valence-electron chi connectivity index (χ2n) is 3.37. The molecule has 0 aliphatic heterocycles. The van der Waals surface area contributed by atoms with E-state index in [9.17, 15) is 4.79 Å². The molecule has 0 aromatic carbocycles. The first kappa shape index (κ1) is 11.3. The van der Waals surface area contributed by atoms with Crippen LogP contribution in [0.4, 0.5) is 0 Å². The molecular weight excluding hydrogens is 236 g/mol. The fourth-order valence-electron chi connectivity index (χ4n) is 1.55. The molecule has 0 aliphatic carbocycles. The van der Waals surface area contributed by atoms with Gasteiger partial charge in [-0.05, 0) is 24.3 Å². The summed E-state index contributed by atoms with van der Waals surface area (Å²) in [5.74, 6) is -0.122. The summed E-state index contributed by atoms with van der Waals surface area (Å²) in [7, 11) is 0. The van der Waals surface area contributed by atoms with Crippen LogP contribution in [-0.2, 0) is 0 Å². The third-order valence-corrected chi connectivity index (χ3v) is 2.49. The van der Waals surface area contributed by atoms with Crippen molar-refractivity contribution in [3.05, 3.63) is 47.9 Å². The van der Waals surface area contributed by atoms with E-state index in [0.717, 1.165) is 0 Å². The van der Waals surface area contributed by atoms with Gasteiger partial charge in [0.15, 0.2) is 0 Å². The van der Waals surface area contributed by atoms with E-state index in [0.29, 0.717) is 17.1 Å². The van der Waals surface area contributed by atoms with Crippen LogP contribution in [0.2, 0.25) is 0 Å². The van der Waals surface area contributed by atoms with Crippen molar-refractivity contribution in [2.24, 2.45) is 11.5 Å². The number of aromatic nitrogens is 2. The van der Waals surface area contributed by atoms with Crippen molar-refractivity contribution >= 4 is 23.1 Å². The number of carbonyl (C=O) groups excluding carboxylic acids is 1. The molecule has 0 atom stereocenters. The molecule has 2 aromatic heterocycles. The number of nitrogens with two attached hydrogens (primary N) is 2. The number of pyridine rings is 1. The molecule has 2 rings (SSSR count). The number of hydrogen-bond acceptors (Lipinski definition) is 3. The van der Waals surface area contributed by atoms with Gasteiger partial charge in [-0.3, -0.25) is 9.36 Å². The van der Waals surface area contributed by atoms with Gasteiger partial charge in [0, 0.05) is 12.4 Å². The topological polar surface area (TPSA) is 86.9 Å². The fraction of sp³-hybridized carbons (Fsp3) is 0. The minimum atomic E-state index is -0.546. The molecule has 0 radical (unpaired) electrons. The van der Waals surface area contributed by atoms with E-state index >= 15 is 0 Å². The number of nitrogens with zero attached hydrogens (tertiary/aromatic N) is 2. The highest BCUT2D eigenvalue weighted by atomic mass is 32.1. The molecule has 6 heteroatoms. The molecule has 0 saturated carbocycles. The Balaban J connectivity index is 2.64. The average molecular weight is 246 g/mol. The molecule has 0 saturated heterocycles. The van der Waals surface area contributed by atoms with Gasteiger partial charge in [-0.25, -0.2) is 4.98 Å². The summed E-state index contributed by atoms with van der Waals surface area (Å²) in [5.41, 5.74) is 11.8. The quantitative estimate of drug-likeness (QED) is 0.777. The largest absolute Gasteiger partial charge is 0.388 e. The Morgan fingerprint density at radius 1 is 1.29 bits per heavy atom. The maximum atomic E-state index is 11.3. The summed E-state index contributed by atoms with van der Waals surface area (Å²) in [4.78, 5) is 15.7. The summed E-state index contributed by atoms with van der Waals surface area (Å²) in [6, 6.07) is 6.78. The maximum absolute atomic E-state index is 11.3. The minimum absolute atomic E-state index is 0.232. The molecular formula is C11H10N4OS. The number of hydrogen-bond donors (Lipinski definition) is 2. The Hall–Kier alpha value is -2.21. The van der Waals surface area contributed by atoms with Gasteiger partial charge >= 0.3 is 0 Å². The molecule has 4 N–H and O–H groups in total. The first-order valence-electron chi connectivity index (χ1n) is 4.83. The zero-order valence-electron chi connectivity index (χ0n) is 8.83. The second-order valence-corrected chi connectivity index (χ2v) is 3.81. The van der Waals surface area contributed by atoms with Gasteiger partial charge in [0.2, 0.25) is 0 Å². The van der Waals surface area contributed by atoms with E-state index in [4.69, 9.17) is 23.7 Å². The van der Waals surface area contributed by atoms with Gasteiger partial charge < -0.3 is 11.5 Å². The second kappa shape index (κ2) is 4.34. The number of primary amides is 1. The van der Waals surface area contributed by atoms with Crippen LogP contribution in [0.3, 0.4) is 0 Å². The molecule has 2 heterocycles. The standard InChI is InChI=1S/C11H10N4OS/c12-9(16)7-3-1-5-14-11(7)15-6-2-4-8(15)10(13)17/h1-6H,(H2,12,16)(H2,13,17). The molecule has 0 spiro atoms. The van der Waals surface area contributed by atoms with Crippen molar-refractivity contribution in [3.8, 4) is 5.82 Å². The first-order chi connectivity index (χ1) is 8.11. The van der Waals surface area contributed by atoms with E-state index in [-0.39, 0.29) is 4.99 Å². The predicted molar refractivity (Wildman–Crippen MR) is 68.0 cm³/mol. The van der Waals surface area contributed by atoms with Crippen LogP contribution in [0, 0.1) is 0 Å². The summed E-state index contributed by atoms with van der Waals surface area (Å²) >= 11 is 4.93. The highest BCUT2D eigenvalue weighted by Gasteiger charge is 2.13. The Morgan fingerprint density at radius 2 is 2.06 bits per heavy atom.